The Hall–Kier alpha value is -1.75. The summed E-state index contributed by atoms with van der Waals surface area (Å²) in [4.78, 5) is 27.9. The Bertz CT molecular complexity index is 593. The molecule has 2 aliphatic rings. The molecular formula is C16H20ClN3O2. The lowest BCUT2D eigenvalue weighted by Crippen LogP contribution is -2.54. The maximum atomic E-state index is 12.6. The van der Waals surface area contributed by atoms with Crippen molar-refractivity contribution in [1.82, 2.24) is 15.1 Å². The normalized spacial score (nSPS) is 22.3. The van der Waals surface area contributed by atoms with E-state index < -0.39 is 0 Å². The van der Waals surface area contributed by atoms with Crippen molar-refractivity contribution in [2.45, 2.75) is 19.4 Å². The summed E-state index contributed by atoms with van der Waals surface area (Å²) in [6.45, 7) is 4.44. The van der Waals surface area contributed by atoms with Gasteiger partial charge < -0.3 is 15.1 Å². The molecule has 2 heterocycles. The molecular weight excluding hydrogens is 302 g/mol. The van der Waals surface area contributed by atoms with E-state index in [0.717, 1.165) is 5.56 Å². The first-order chi connectivity index (χ1) is 10.5. The number of rotatable bonds is 3. The van der Waals surface area contributed by atoms with Crippen LogP contribution in [0, 0.1) is 5.92 Å². The molecule has 0 radical (unpaired) electrons. The molecule has 0 saturated carbocycles. The van der Waals surface area contributed by atoms with Crippen LogP contribution >= 0.6 is 11.6 Å². The van der Waals surface area contributed by atoms with E-state index in [9.17, 15) is 9.59 Å². The van der Waals surface area contributed by atoms with Gasteiger partial charge in [0, 0.05) is 37.1 Å². The highest BCUT2D eigenvalue weighted by atomic mass is 35.5. The average molecular weight is 322 g/mol. The molecule has 0 aromatic heterocycles. The van der Waals surface area contributed by atoms with Gasteiger partial charge in [0.1, 0.15) is 0 Å². The van der Waals surface area contributed by atoms with Crippen LogP contribution < -0.4 is 5.32 Å². The molecule has 1 N–H and O–H groups in total. The second-order valence-electron chi connectivity index (χ2n) is 6.05. The lowest BCUT2D eigenvalue weighted by molar-refractivity contribution is -0.137. The van der Waals surface area contributed by atoms with E-state index in [-0.39, 0.29) is 23.9 Å². The van der Waals surface area contributed by atoms with E-state index in [2.05, 4.69) is 5.32 Å². The maximum absolute atomic E-state index is 12.6. The topological polar surface area (TPSA) is 52.7 Å². The zero-order valence-electron chi connectivity index (χ0n) is 12.6. The van der Waals surface area contributed by atoms with Gasteiger partial charge in [0.2, 0.25) is 5.91 Å². The van der Waals surface area contributed by atoms with Gasteiger partial charge >= 0.3 is 6.03 Å². The molecule has 2 aliphatic heterocycles. The van der Waals surface area contributed by atoms with Crippen LogP contribution in [-0.2, 0) is 11.2 Å². The van der Waals surface area contributed by atoms with Crippen LogP contribution in [0.3, 0.4) is 0 Å². The van der Waals surface area contributed by atoms with Crippen molar-refractivity contribution in [2.75, 3.05) is 26.2 Å². The summed E-state index contributed by atoms with van der Waals surface area (Å²) in [6.07, 6.45) is 0.682. The minimum atomic E-state index is -0.0879. The maximum Gasteiger partial charge on any atom is 0.317 e. The smallest absolute Gasteiger partial charge is 0.317 e. The second-order valence-corrected chi connectivity index (χ2v) is 6.49. The van der Waals surface area contributed by atoms with Gasteiger partial charge in [-0.3, -0.25) is 4.79 Å². The lowest BCUT2D eigenvalue weighted by atomic mass is 9.99. The summed E-state index contributed by atoms with van der Waals surface area (Å²) >= 11 is 5.99. The summed E-state index contributed by atoms with van der Waals surface area (Å²) in [5.74, 6) is 0.0639. The van der Waals surface area contributed by atoms with Crippen molar-refractivity contribution >= 4 is 23.5 Å². The molecule has 6 heteroatoms. The summed E-state index contributed by atoms with van der Waals surface area (Å²) in [7, 11) is 0. The Balaban J connectivity index is 1.60. The van der Waals surface area contributed by atoms with Gasteiger partial charge in [0.05, 0.1) is 6.04 Å². The third-order valence-corrected chi connectivity index (χ3v) is 4.63. The molecule has 2 fully saturated rings. The van der Waals surface area contributed by atoms with Gasteiger partial charge in [0.25, 0.3) is 0 Å². The number of halogens is 1. The molecule has 0 spiro atoms. The average Bonchev–Trinajstić information content (AvgIpc) is 2.87. The predicted octanol–water partition coefficient (Wildman–Crippen LogP) is 1.75. The van der Waals surface area contributed by atoms with Crippen LogP contribution in [-0.4, -0.2) is 54.0 Å². The van der Waals surface area contributed by atoms with Crippen LogP contribution in [0.15, 0.2) is 24.3 Å². The van der Waals surface area contributed by atoms with E-state index in [1.54, 1.807) is 0 Å². The standard InChI is InChI=1S/C16H20ClN3O2/c1-11(7-12-3-2-4-13(17)8-12)15(21)19-5-6-20-14(10-19)9-18-16(20)22/h2-4,8,11,14H,5-7,9-10H2,1H3,(H,18,22). The molecule has 3 amide bonds. The third-order valence-electron chi connectivity index (χ3n) is 4.40. The third kappa shape index (κ3) is 3.04. The highest BCUT2D eigenvalue weighted by molar-refractivity contribution is 6.30. The molecule has 1 aromatic rings. The lowest BCUT2D eigenvalue weighted by Gasteiger charge is -2.37. The van der Waals surface area contributed by atoms with Gasteiger partial charge in [-0.05, 0) is 24.1 Å². The molecule has 3 rings (SSSR count). The van der Waals surface area contributed by atoms with Crippen molar-refractivity contribution in [3.63, 3.8) is 0 Å². The van der Waals surface area contributed by atoms with Crippen molar-refractivity contribution < 1.29 is 9.59 Å². The number of carbonyl (C=O) groups is 2. The highest BCUT2D eigenvalue weighted by Crippen LogP contribution is 2.19. The predicted molar refractivity (Wildman–Crippen MR) is 84.8 cm³/mol. The van der Waals surface area contributed by atoms with Crippen LogP contribution in [0.4, 0.5) is 4.79 Å². The van der Waals surface area contributed by atoms with E-state index in [0.29, 0.717) is 37.6 Å². The molecule has 22 heavy (non-hydrogen) atoms. The number of hydrogen-bond acceptors (Lipinski definition) is 2. The highest BCUT2D eigenvalue weighted by Gasteiger charge is 2.37. The van der Waals surface area contributed by atoms with E-state index in [4.69, 9.17) is 11.6 Å². The number of amides is 3. The van der Waals surface area contributed by atoms with Gasteiger partial charge in [-0.1, -0.05) is 30.7 Å². The van der Waals surface area contributed by atoms with Crippen LogP contribution in [0.2, 0.25) is 5.02 Å². The summed E-state index contributed by atoms with van der Waals surface area (Å²) in [5, 5.41) is 3.53. The summed E-state index contributed by atoms with van der Waals surface area (Å²) in [5.41, 5.74) is 1.07. The zero-order valence-corrected chi connectivity index (χ0v) is 13.3. The first-order valence-electron chi connectivity index (χ1n) is 7.62. The minimum Gasteiger partial charge on any atom is -0.339 e. The molecule has 2 unspecified atom stereocenters. The number of fused-ring (bicyclic) bond motifs is 1. The summed E-state index contributed by atoms with van der Waals surface area (Å²) in [6, 6.07) is 7.74. The Morgan fingerprint density at radius 1 is 1.45 bits per heavy atom. The van der Waals surface area contributed by atoms with E-state index in [1.165, 1.54) is 0 Å². The zero-order chi connectivity index (χ0) is 15.7. The molecule has 2 atom stereocenters. The SMILES string of the molecule is CC(Cc1cccc(Cl)c1)C(=O)N1CCN2C(=O)NCC2C1. The molecule has 5 nitrogen and oxygen atoms in total. The van der Waals surface area contributed by atoms with Gasteiger partial charge in [-0.25, -0.2) is 4.79 Å². The monoisotopic (exact) mass is 321 g/mol. The van der Waals surface area contributed by atoms with Crippen molar-refractivity contribution in [1.29, 1.82) is 0 Å². The van der Waals surface area contributed by atoms with Gasteiger partial charge in [0.15, 0.2) is 0 Å². The quantitative estimate of drug-likeness (QED) is 0.922. The number of piperazine rings is 1. The molecule has 1 aromatic carbocycles. The first-order valence-corrected chi connectivity index (χ1v) is 8.00. The Morgan fingerprint density at radius 3 is 3.05 bits per heavy atom. The summed E-state index contributed by atoms with van der Waals surface area (Å²) < 4.78 is 0. The van der Waals surface area contributed by atoms with Crippen molar-refractivity contribution in [2.24, 2.45) is 5.92 Å². The number of nitrogens with one attached hydrogen (secondary N) is 1. The second kappa shape index (κ2) is 6.16. The first kappa shape index (κ1) is 15.2. The number of carbonyl (C=O) groups excluding carboxylic acids is 2. The fourth-order valence-corrected chi connectivity index (χ4v) is 3.43. The fourth-order valence-electron chi connectivity index (χ4n) is 3.22. The van der Waals surface area contributed by atoms with Crippen LogP contribution in [0.25, 0.3) is 0 Å². The van der Waals surface area contributed by atoms with Crippen molar-refractivity contribution in [3.05, 3.63) is 34.9 Å². The van der Waals surface area contributed by atoms with Crippen LogP contribution in [0.1, 0.15) is 12.5 Å². The number of hydrogen-bond donors (Lipinski definition) is 1. The van der Waals surface area contributed by atoms with Crippen molar-refractivity contribution in [3.8, 4) is 0 Å². The Labute approximate surface area is 135 Å². The number of urea groups is 1. The van der Waals surface area contributed by atoms with E-state index >= 15 is 0 Å². The largest absolute Gasteiger partial charge is 0.339 e. The molecule has 118 valence electrons. The fraction of sp³-hybridized carbons (Fsp3) is 0.500. The Kier molecular flexibility index (Phi) is 4.25. The van der Waals surface area contributed by atoms with Gasteiger partial charge in [-0.15, -0.1) is 0 Å². The van der Waals surface area contributed by atoms with Gasteiger partial charge in [-0.2, -0.15) is 0 Å². The van der Waals surface area contributed by atoms with Crippen LogP contribution in [0.5, 0.6) is 0 Å². The Morgan fingerprint density at radius 2 is 2.27 bits per heavy atom. The number of nitrogens with zero attached hydrogens (tertiary/aromatic N) is 2. The molecule has 0 bridgehead atoms. The van der Waals surface area contributed by atoms with E-state index in [1.807, 2.05) is 41.0 Å². The number of benzene rings is 1. The molecule has 2 saturated heterocycles. The minimum absolute atomic E-state index is 0.0101. The molecule has 0 aliphatic carbocycles.